The van der Waals surface area contributed by atoms with Crippen LogP contribution in [-0.2, 0) is 4.74 Å². The molecular weight excluding hydrogens is 232 g/mol. The number of rotatable bonds is 3. The Morgan fingerprint density at radius 1 is 1.56 bits per heavy atom. The second-order valence-electron chi connectivity index (χ2n) is 4.34. The highest BCUT2D eigenvalue weighted by Crippen LogP contribution is 2.11. The van der Waals surface area contributed by atoms with E-state index in [1.807, 2.05) is 0 Å². The molecule has 6 nitrogen and oxygen atoms in total. The average Bonchev–Trinajstić information content (AvgIpc) is 3.05. The quantitative estimate of drug-likeness (QED) is 0.842. The molecule has 1 amide bonds. The lowest BCUT2D eigenvalue weighted by Crippen LogP contribution is -2.31. The highest BCUT2D eigenvalue weighted by molar-refractivity contribution is 5.96. The number of hydrogen-bond donors (Lipinski definition) is 2. The second kappa shape index (κ2) is 4.73. The molecule has 18 heavy (non-hydrogen) atoms. The molecule has 2 N–H and O–H groups in total. The number of aromatic nitrogens is 3. The van der Waals surface area contributed by atoms with Crippen molar-refractivity contribution in [3.05, 3.63) is 24.2 Å². The molecule has 2 aromatic rings. The van der Waals surface area contributed by atoms with Crippen LogP contribution in [0.2, 0.25) is 0 Å². The van der Waals surface area contributed by atoms with E-state index < -0.39 is 0 Å². The van der Waals surface area contributed by atoms with Crippen molar-refractivity contribution in [2.24, 2.45) is 0 Å². The van der Waals surface area contributed by atoms with Crippen molar-refractivity contribution in [1.29, 1.82) is 0 Å². The molecule has 1 saturated heterocycles. The van der Waals surface area contributed by atoms with Gasteiger partial charge in [-0.05, 0) is 18.9 Å². The standard InChI is InChI=1S/C12H14N4O2/c17-12(14-6-9-2-1-3-18-9)8-4-10-11(13-5-8)16-7-15-10/h4-5,7,9H,1-3,6H2,(H,14,17)(H,13,15,16). The molecule has 0 radical (unpaired) electrons. The predicted molar refractivity (Wildman–Crippen MR) is 65.2 cm³/mol. The zero-order valence-electron chi connectivity index (χ0n) is 9.85. The Morgan fingerprint density at radius 3 is 3.33 bits per heavy atom. The largest absolute Gasteiger partial charge is 0.376 e. The molecule has 0 bridgehead atoms. The van der Waals surface area contributed by atoms with Gasteiger partial charge >= 0.3 is 0 Å². The van der Waals surface area contributed by atoms with Gasteiger partial charge in [0, 0.05) is 19.3 Å². The molecule has 0 aromatic carbocycles. The van der Waals surface area contributed by atoms with E-state index in [9.17, 15) is 4.79 Å². The summed E-state index contributed by atoms with van der Waals surface area (Å²) >= 11 is 0. The first-order valence-corrected chi connectivity index (χ1v) is 6.02. The van der Waals surface area contributed by atoms with Crippen LogP contribution >= 0.6 is 0 Å². The van der Waals surface area contributed by atoms with Gasteiger partial charge in [0.25, 0.3) is 5.91 Å². The first kappa shape index (κ1) is 11.2. The van der Waals surface area contributed by atoms with E-state index in [0.29, 0.717) is 17.8 Å². The molecule has 1 unspecified atom stereocenters. The fraction of sp³-hybridized carbons (Fsp3) is 0.417. The molecule has 1 aliphatic rings. The number of fused-ring (bicyclic) bond motifs is 1. The number of amides is 1. The van der Waals surface area contributed by atoms with Gasteiger partial charge in [-0.1, -0.05) is 0 Å². The summed E-state index contributed by atoms with van der Waals surface area (Å²) in [5.41, 5.74) is 1.91. The number of aromatic amines is 1. The third-order valence-corrected chi connectivity index (χ3v) is 3.05. The number of H-pyrrole nitrogens is 1. The molecule has 0 spiro atoms. The lowest BCUT2D eigenvalue weighted by Gasteiger charge is -2.10. The minimum absolute atomic E-state index is 0.130. The number of carbonyl (C=O) groups is 1. The van der Waals surface area contributed by atoms with Gasteiger partial charge in [0.1, 0.15) is 0 Å². The average molecular weight is 246 g/mol. The van der Waals surface area contributed by atoms with E-state index in [2.05, 4.69) is 20.3 Å². The van der Waals surface area contributed by atoms with Crippen LogP contribution in [0.3, 0.4) is 0 Å². The first-order chi connectivity index (χ1) is 8.83. The van der Waals surface area contributed by atoms with E-state index in [1.54, 1.807) is 12.4 Å². The summed E-state index contributed by atoms with van der Waals surface area (Å²) in [6.45, 7) is 1.35. The smallest absolute Gasteiger partial charge is 0.253 e. The molecular formula is C12H14N4O2. The molecule has 1 fully saturated rings. The van der Waals surface area contributed by atoms with Gasteiger partial charge in [0.05, 0.1) is 23.5 Å². The van der Waals surface area contributed by atoms with Gasteiger partial charge in [0.2, 0.25) is 0 Å². The van der Waals surface area contributed by atoms with Gasteiger partial charge in [-0.25, -0.2) is 9.97 Å². The van der Waals surface area contributed by atoms with E-state index >= 15 is 0 Å². The Balaban J connectivity index is 1.67. The maximum atomic E-state index is 11.9. The molecule has 3 heterocycles. The number of nitrogens with one attached hydrogen (secondary N) is 2. The van der Waals surface area contributed by atoms with E-state index in [-0.39, 0.29) is 12.0 Å². The number of imidazole rings is 1. The van der Waals surface area contributed by atoms with Crippen molar-refractivity contribution in [3.8, 4) is 0 Å². The topological polar surface area (TPSA) is 79.9 Å². The monoisotopic (exact) mass is 246 g/mol. The minimum atomic E-state index is -0.130. The molecule has 3 rings (SSSR count). The van der Waals surface area contributed by atoms with Crippen molar-refractivity contribution in [3.63, 3.8) is 0 Å². The summed E-state index contributed by atoms with van der Waals surface area (Å²) in [7, 11) is 0. The summed E-state index contributed by atoms with van der Waals surface area (Å²) in [6, 6.07) is 1.75. The maximum Gasteiger partial charge on any atom is 0.253 e. The summed E-state index contributed by atoms with van der Waals surface area (Å²) in [6.07, 6.45) is 5.33. The minimum Gasteiger partial charge on any atom is -0.376 e. The van der Waals surface area contributed by atoms with Gasteiger partial charge in [-0.15, -0.1) is 0 Å². The van der Waals surface area contributed by atoms with Crippen molar-refractivity contribution >= 4 is 17.1 Å². The van der Waals surface area contributed by atoms with Crippen LogP contribution in [0.5, 0.6) is 0 Å². The first-order valence-electron chi connectivity index (χ1n) is 6.02. The Kier molecular flexibility index (Phi) is 2.93. The van der Waals surface area contributed by atoms with Crippen molar-refractivity contribution in [2.75, 3.05) is 13.2 Å². The zero-order chi connectivity index (χ0) is 12.4. The third kappa shape index (κ3) is 2.19. The molecule has 1 aliphatic heterocycles. The SMILES string of the molecule is O=C(NCC1CCCO1)c1cnc2nc[nH]c2c1. The summed E-state index contributed by atoms with van der Waals surface area (Å²) in [4.78, 5) is 23.0. The van der Waals surface area contributed by atoms with Gasteiger partial charge in [0.15, 0.2) is 5.65 Å². The van der Waals surface area contributed by atoms with Crippen molar-refractivity contribution in [2.45, 2.75) is 18.9 Å². The fourth-order valence-electron chi connectivity index (χ4n) is 2.07. The lowest BCUT2D eigenvalue weighted by molar-refractivity contribution is 0.0857. The van der Waals surface area contributed by atoms with E-state index in [4.69, 9.17) is 4.74 Å². The van der Waals surface area contributed by atoms with Crippen LogP contribution in [0.4, 0.5) is 0 Å². The molecule has 1 atom stereocenters. The number of pyridine rings is 1. The Bertz CT molecular complexity index is 560. The lowest BCUT2D eigenvalue weighted by atomic mass is 10.2. The Morgan fingerprint density at radius 2 is 2.50 bits per heavy atom. The van der Waals surface area contributed by atoms with Crippen LogP contribution in [0, 0.1) is 0 Å². The highest BCUT2D eigenvalue weighted by Gasteiger charge is 2.17. The maximum absolute atomic E-state index is 11.9. The summed E-state index contributed by atoms with van der Waals surface area (Å²) in [5.74, 6) is -0.130. The normalized spacial score (nSPS) is 19.2. The summed E-state index contributed by atoms with van der Waals surface area (Å²) in [5, 5.41) is 2.86. The van der Waals surface area contributed by atoms with Crippen LogP contribution in [0.25, 0.3) is 11.2 Å². The number of carbonyl (C=O) groups excluding carboxylic acids is 1. The number of nitrogens with zero attached hydrogens (tertiary/aromatic N) is 2. The molecule has 6 heteroatoms. The van der Waals surface area contributed by atoms with Crippen LogP contribution in [0.1, 0.15) is 23.2 Å². The molecule has 0 aliphatic carbocycles. The van der Waals surface area contributed by atoms with Crippen LogP contribution < -0.4 is 5.32 Å². The molecule has 94 valence electrons. The van der Waals surface area contributed by atoms with Gasteiger partial charge in [-0.2, -0.15) is 0 Å². The highest BCUT2D eigenvalue weighted by atomic mass is 16.5. The van der Waals surface area contributed by atoms with Crippen molar-refractivity contribution in [1.82, 2.24) is 20.3 Å². The van der Waals surface area contributed by atoms with E-state index in [0.717, 1.165) is 25.0 Å². The van der Waals surface area contributed by atoms with Crippen LogP contribution in [-0.4, -0.2) is 40.1 Å². The molecule has 0 saturated carbocycles. The van der Waals surface area contributed by atoms with E-state index in [1.165, 1.54) is 6.20 Å². The van der Waals surface area contributed by atoms with Crippen molar-refractivity contribution < 1.29 is 9.53 Å². The number of hydrogen-bond acceptors (Lipinski definition) is 4. The number of ether oxygens (including phenoxy) is 1. The van der Waals surface area contributed by atoms with Gasteiger partial charge in [-0.3, -0.25) is 4.79 Å². The Hall–Kier alpha value is -1.95. The molecule has 2 aromatic heterocycles. The predicted octanol–water partition coefficient (Wildman–Crippen LogP) is 0.867. The zero-order valence-corrected chi connectivity index (χ0v) is 9.85. The van der Waals surface area contributed by atoms with Crippen LogP contribution in [0.15, 0.2) is 18.6 Å². The Labute approximate surface area is 104 Å². The third-order valence-electron chi connectivity index (χ3n) is 3.05. The second-order valence-corrected chi connectivity index (χ2v) is 4.34. The fourth-order valence-corrected chi connectivity index (χ4v) is 2.07. The summed E-state index contributed by atoms with van der Waals surface area (Å²) < 4.78 is 5.45. The van der Waals surface area contributed by atoms with Gasteiger partial charge < -0.3 is 15.0 Å².